The Kier molecular flexibility index (Phi) is 3.27. The zero-order valence-corrected chi connectivity index (χ0v) is 9.56. The van der Waals surface area contributed by atoms with Crippen molar-refractivity contribution < 1.29 is 5.11 Å². The SMILES string of the molecule is CC(CO)Cn1ccc2ccc(CN)cc21. The molecule has 2 aromatic rings. The maximum absolute atomic E-state index is 9.07. The average Bonchev–Trinajstić information content (AvgIpc) is 2.71. The summed E-state index contributed by atoms with van der Waals surface area (Å²) in [6, 6.07) is 8.37. The van der Waals surface area contributed by atoms with Gasteiger partial charge in [0.25, 0.3) is 0 Å². The van der Waals surface area contributed by atoms with E-state index in [1.54, 1.807) is 0 Å². The van der Waals surface area contributed by atoms with Crippen molar-refractivity contribution in [3.05, 3.63) is 36.0 Å². The first-order chi connectivity index (χ1) is 7.74. The number of rotatable bonds is 4. The maximum atomic E-state index is 9.07. The van der Waals surface area contributed by atoms with Crippen LogP contribution in [-0.2, 0) is 13.1 Å². The van der Waals surface area contributed by atoms with Crippen LogP contribution in [0.15, 0.2) is 30.5 Å². The molecule has 0 aliphatic heterocycles. The third-order valence-electron chi connectivity index (χ3n) is 2.89. The number of nitrogens with zero attached hydrogens (tertiary/aromatic N) is 1. The largest absolute Gasteiger partial charge is 0.396 e. The number of benzene rings is 1. The molecule has 86 valence electrons. The number of fused-ring (bicyclic) bond motifs is 1. The van der Waals surface area contributed by atoms with Crippen LogP contribution in [0, 0.1) is 5.92 Å². The van der Waals surface area contributed by atoms with Crippen molar-refractivity contribution in [1.82, 2.24) is 4.57 Å². The fourth-order valence-electron chi connectivity index (χ4n) is 1.91. The highest BCUT2D eigenvalue weighted by Gasteiger charge is 2.05. The van der Waals surface area contributed by atoms with Crippen molar-refractivity contribution in [2.24, 2.45) is 11.7 Å². The lowest BCUT2D eigenvalue weighted by molar-refractivity contribution is 0.224. The van der Waals surface area contributed by atoms with E-state index in [2.05, 4.69) is 35.0 Å². The minimum Gasteiger partial charge on any atom is -0.396 e. The second-order valence-corrected chi connectivity index (χ2v) is 4.35. The van der Waals surface area contributed by atoms with Gasteiger partial charge < -0.3 is 15.4 Å². The van der Waals surface area contributed by atoms with E-state index in [0.717, 1.165) is 12.1 Å². The molecule has 1 aromatic carbocycles. The molecular weight excluding hydrogens is 200 g/mol. The maximum Gasteiger partial charge on any atom is 0.0483 e. The van der Waals surface area contributed by atoms with Crippen molar-refractivity contribution >= 4 is 10.9 Å². The Morgan fingerprint density at radius 1 is 1.38 bits per heavy atom. The first kappa shape index (κ1) is 11.2. The predicted molar refractivity (Wildman–Crippen MR) is 66.1 cm³/mol. The van der Waals surface area contributed by atoms with E-state index in [-0.39, 0.29) is 12.5 Å². The molecule has 0 saturated heterocycles. The Hall–Kier alpha value is -1.32. The summed E-state index contributed by atoms with van der Waals surface area (Å²) in [6.07, 6.45) is 2.07. The van der Waals surface area contributed by atoms with Gasteiger partial charge in [-0.2, -0.15) is 0 Å². The average molecular weight is 218 g/mol. The molecule has 3 nitrogen and oxygen atoms in total. The lowest BCUT2D eigenvalue weighted by Crippen LogP contribution is -2.10. The molecule has 1 aromatic heterocycles. The number of hydrogen-bond acceptors (Lipinski definition) is 2. The van der Waals surface area contributed by atoms with Gasteiger partial charge in [-0.15, -0.1) is 0 Å². The van der Waals surface area contributed by atoms with Crippen molar-refractivity contribution in [2.75, 3.05) is 6.61 Å². The predicted octanol–water partition coefficient (Wildman–Crippen LogP) is 1.73. The van der Waals surface area contributed by atoms with Crippen molar-refractivity contribution in [3.8, 4) is 0 Å². The van der Waals surface area contributed by atoms with Crippen molar-refractivity contribution in [1.29, 1.82) is 0 Å². The molecule has 16 heavy (non-hydrogen) atoms. The second kappa shape index (κ2) is 4.68. The van der Waals surface area contributed by atoms with Gasteiger partial charge in [0.15, 0.2) is 0 Å². The molecule has 1 atom stereocenters. The van der Waals surface area contributed by atoms with Crippen molar-refractivity contribution in [3.63, 3.8) is 0 Å². The summed E-state index contributed by atoms with van der Waals surface area (Å²) >= 11 is 0. The summed E-state index contributed by atoms with van der Waals surface area (Å²) in [4.78, 5) is 0. The fourth-order valence-corrected chi connectivity index (χ4v) is 1.91. The molecule has 3 N–H and O–H groups in total. The Bertz CT molecular complexity index is 476. The highest BCUT2D eigenvalue weighted by atomic mass is 16.3. The summed E-state index contributed by atoms with van der Waals surface area (Å²) < 4.78 is 2.18. The number of aromatic nitrogens is 1. The molecule has 2 rings (SSSR count). The lowest BCUT2D eigenvalue weighted by atomic mass is 10.1. The Labute approximate surface area is 95.5 Å². The fraction of sp³-hybridized carbons (Fsp3) is 0.385. The Balaban J connectivity index is 2.38. The van der Waals surface area contributed by atoms with E-state index in [1.807, 2.05) is 6.92 Å². The highest BCUT2D eigenvalue weighted by Crippen LogP contribution is 2.18. The minimum atomic E-state index is 0.219. The first-order valence-corrected chi connectivity index (χ1v) is 5.63. The van der Waals surface area contributed by atoms with E-state index < -0.39 is 0 Å². The van der Waals surface area contributed by atoms with Gasteiger partial charge in [-0.1, -0.05) is 19.1 Å². The molecular formula is C13H18N2O. The van der Waals surface area contributed by atoms with Gasteiger partial charge in [0.05, 0.1) is 0 Å². The molecule has 0 saturated carbocycles. The van der Waals surface area contributed by atoms with Gasteiger partial charge in [0.1, 0.15) is 0 Å². The summed E-state index contributed by atoms with van der Waals surface area (Å²) in [5, 5.41) is 10.3. The smallest absolute Gasteiger partial charge is 0.0483 e. The quantitative estimate of drug-likeness (QED) is 0.821. The van der Waals surface area contributed by atoms with Crippen LogP contribution in [0.25, 0.3) is 10.9 Å². The van der Waals surface area contributed by atoms with Gasteiger partial charge in [0, 0.05) is 31.4 Å². The summed E-state index contributed by atoms with van der Waals surface area (Å²) in [7, 11) is 0. The zero-order valence-electron chi connectivity index (χ0n) is 9.56. The van der Waals surface area contributed by atoms with E-state index in [1.165, 1.54) is 10.9 Å². The molecule has 3 heteroatoms. The van der Waals surface area contributed by atoms with Gasteiger partial charge >= 0.3 is 0 Å². The molecule has 0 aliphatic rings. The van der Waals surface area contributed by atoms with Crippen molar-refractivity contribution in [2.45, 2.75) is 20.0 Å². The molecule has 0 amide bonds. The van der Waals surface area contributed by atoms with E-state index in [9.17, 15) is 0 Å². The standard InChI is InChI=1S/C13H18N2O/c1-10(9-16)8-15-5-4-12-3-2-11(7-14)6-13(12)15/h2-6,10,16H,7-9,14H2,1H3. The van der Waals surface area contributed by atoms with Crippen LogP contribution < -0.4 is 5.73 Å². The second-order valence-electron chi connectivity index (χ2n) is 4.35. The van der Waals surface area contributed by atoms with Gasteiger partial charge in [0.2, 0.25) is 0 Å². The van der Waals surface area contributed by atoms with E-state index in [0.29, 0.717) is 6.54 Å². The van der Waals surface area contributed by atoms with E-state index in [4.69, 9.17) is 10.8 Å². The van der Waals surface area contributed by atoms with Crippen LogP contribution >= 0.6 is 0 Å². The Morgan fingerprint density at radius 2 is 2.19 bits per heavy atom. The third kappa shape index (κ3) is 2.10. The number of aliphatic hydroxyl groups excluding tert-OH is 1. The topological polar surface area (TPSA) is 51.2 Å². The molecule has 0 aliphatic carbocycles. The molecule has 0 fully saturated rings. The van der Waals surface area contributed by atoms with Crippen LogP contribution in [0.4, 0.5) is 0 Å². The number of aliphatic hydroxyl groups is 1. The molecule has 0 radical (unpaired) electrons. The number of nitrogens with two attached hydrogens (primary N) is 1. The molecule has 1 heterocycles. The lowest BCUT2D eigenvalue weighted by Gasteiger charge is -2.11. The molecule has 1 unspecified atom stereocenters. The van der Waals surface area contributed by atoms with Crippen LogP contribution in [0.3, 0.4) is 0 Å². The minimum absolute atomic E-state index is 0.219. The zero-order chi connectivity index (χ0) is 11.5. The van der Waals surface area contributed by atoms with Crippen LogP contribution in [0.1, 0.15) is 12.5 Å². The monoisotopic (exact) mass is 218 g/mol. The number of hydrogen-bond donors (Lipinski definition) is 2. The van der Waals surface area contributed by atoms with Crippen LogP contribution in [-0.4, -0.2) is 16.3 Å². The van der Waals surface area contributed by atoms with Crippen LogP contribution in [0.5, 0.6) is 0 Å². The molecule has 0 spiro atoms. The highest BCUT2D eigenvalue weighted by molar-refractivity contribution is 5.80. The first-order valence-electron chi connectivity index (χ1n) is 5.63. The van der Waals surface area contributed by atoms with Gasteiger partial charge in [-0.25, -0.2) is 0 Å². The van der Waals surface area contributed by atoms with Crippen LogP contribution in [0.2, 0.25) is 0 Å². The normalized spacial score (nSPS) is 13.2. The van der Waals surface area contributed by atoms with Gasteiger partial charge in [-0.05, 0) is 29.0 Å². The molecule has 0 bridgehead atoms. The summed E-state index contributed by atoms with van der Waals surface area (Å²) in [5.74, 6) is 0.275. The Morgan fingerprint density at radius 3 is 2.88 bits per heavy atom. The third-order valence-corrected chi connectivity index (χ3v) is 2.89. The van der Waals surface area contributed by atoms with Gasteiger partial charge in [-0.3, -0.25) is 0 Å². The summed E-state index contributed by atoms with van der Waals surface area (Å²) in [6.45, 7) is 3.67. The summed E-state index contributed by atoms with van der Waals surface area (Å²) in [5.41, 5.74) is 7.98. The van der Waals surface area contributed by atoms with E-state index >= 15 is 0 Å².